The van der Waals surface area contributed by atoms with E-state index in [-0.39, 0.29) is 37.9 Å². The minimum absolute atomic E-state index is 0.187. The van der Waals surface area contributed by atoms with Gasteiger partial charge in [0.05, 0.1) is 25.4 Å². The molecule has 0 N–H and O–H groups in total. The summed E-state index contributed by atoms with van der Waals surface area (Å²) in [7, 11) is 0. The van der Waals surface area contributed by atoms with Gasteiger partial charge in [0.25, 0.3) is 0 Å². The summed E-state index contributed by atoms with van der Waals surface area (Å²) in [6.45, 7) is 0.836. The molecule has 0 radical (unpaired) electrons. The van der Waals surface area contributed by atoms with Gasteiger partial charge in [0, 0.05) is 12.8 Å². The first-order valence-corrected chi connectivity index (χ1v) is 7.02. The Morgan fingerprint density at radius 2 is 1.05 bits per heavy atom. The fraction of sp³-hybridized carbons (Fsp3) is 1.00. The third-order valence-corrected chi connectivity index (χ3v) is 3.76. The molecule has 0 spiro atoms. The van der Waals surface area contributed by atoms with Crippen LogP contribution in [0.5, 0.6) is 0 Å². The Bertz CT molecular complexity index is 321. The summed E-state index contributed by atoms with van der Waals surface area (Å²) in [4.78, 5) is 0. The molecule has 0 bridgehead atoms. The Kier molecular flexibility index (Phi) is 4.78. The zero-order valence-electron chi connectivity index (χ0n) is 11.4. The molecule has 2 aliphatic rings. The van der Waals surface area contributed by atoms with Crippen molar-refractivity contribution in [2.45, 2.75) is 68.5 Å². The van der Waals surface area contributed by atoms with Gasteiger partial charge in [-0.25, -0.2) is 0 Å². The highest BCUT2D eigenvalue weighted by molar-refractivity contribution is 4.96. The van der Waals surface area contributed by atoms with Crippen LogP contribution in [0.4, 0.5) is 26.3 Å². The Morgan fingerprint density at radius 1 is 0.714 bits per heavy atom. The Balaban J connectivity index is 1.84. The van der Waals surface area contributed by atoms with Crippen molar-refractivity contribution >= 4 is 0 Å². The quantitative estimate of drug-likeness (QED) is 0.448. The summed E-state index contributed by atoms with van der Waals surface area (Å²) in [6.07, 6.45) is -3.05. The first-order chi connectivity index (χ1) is 9.66. The van der Waals surface area contributed by atoms with E-state index in [9.17, 15) is 26.3 Å². The van der Waals surface area contributed by atoms with Gasteiger partial charge in [0.2, 0.25) is 0 Å². The highest BCUT2D eigenvalue weighted by atomic mass is 19.3. The van der Waals surface area contributed by atoms with Crippen LogP contribution >= 0.6 is 0 Å². The van der Waals surface area contributed by atoms with Crippen molar-refractivity contribution in [3.05, 3.63) is 0 Å². The Morgan fingerprint density at radius 3 is 1.33 bits per heavy atom. The van der Waals surface area contributed by atoms with Crippen LogP contribution in [0.15, 0.2) is 0 Å². The predicted octanol–water partition coefficient (Wildman–Crippen LogP) is 4.03. The molecular weight excluding hydrogens is 302 g/mol. The van der Waals surface area contributed by atoms with Gasteiger partial charge in [0.15, 0.2) is 0 Å². The third kappa shape index (κ3) is 4.25. The van der Waals surface area contributed by atoms with E-state index in [1.165, 1.54) is 0 Å². The summed E-state index contributed by atoms with van der Waals surface area (Å²) in [5.74, 6) is -14.8. The second-order valence-electron chi connectivity index (χ2n) is 5.68. The molecule has 2 heterocycles. The standard InChI is InChI=1S/C13H18F6O2/c14-11(15,5-1-3-9-7-20-9)13(18,19)12(16,17)6-2-4-10-8-21-10/h9-10H,1-8H2. The van der Waals surface area contributed by atoms with E-state index < -0.39 is 30.6 Å². The lowest BCUT2D eigenvalue weighted by Crippen LogP contribution is -2.54. The van der Waals surface area contributed by atoms with E-state index in [1.807, 2.05) is 0 Å². The lowest BCUT2D eigenvalue weighted by Gasteiger charge is -2.33. The molecule has 2 unspecified atom stereocenters. The molecule has 0 aromatic heterocycles. The first-order valence-electron chi connectivity index (χ1n) is 7.02. The predicted molar refractivity (Wildman–Crippen MR) is 62.0 cm³/mol. The minimum atomic E-state index is -5.34. The van der Waals surface area contributed by atoms with E-state index in [2.05, 4.69) is 0 Å². The van der Waals surface area contributed by atoms with Crippen molar-refractivity contribution in [1.29, 1.82) is 0 Å². The molecule has 2 fully saturated rings. The Hall–Kier alpha value is -0.500. The van der Waals surface area contributed by atoms with Crippen LogP contribution in [-0.4, -0.2) is 43.2 Å². The highest BCUT2D eigenvalue weighted by Crippen LogP contribution is 2.50. The molecule has 21 heavy (non-hydrogen) atoms. The van der Waals surface area contributed by atoms with E-state index in [0.717, 1.165) is 0 Å². The third-order valence-electron chi connectivity index (χ3n) is 3.76. The Labute approximate surface area is 118 Å². The van der Waals surface area contributed by atoms with Crippen molar-refractivity contribution in [3.63, 3.8) is 0 Å². The van der Waals surface area contributed by atoms with E-state index in [4.69, 9.17) is 9.47 Å². The second-order valence-corrected chi connectivity index (χ2v) is 5.68. The summed E-state index contributed by atoms with van der Waals surface area (Å²) < 4.78 is 90.4. The van der Waals surface area contributed by atoms with Gasteiger partial charge in [-0.3, -0.25) is 0 Å². The van der Waals surface area contributed by atoms with Crippen molar-refractivity contribution in [3.8, 4) is 0 Å². The van der Waals surface area contributed by atoms with Crippen molar-refractivity contribution in [2.75, 3.05) is 13.2 Å². The summed E-state index contributed by atoms with van der Waals surface area (Å²) in [5.41, 5.74) is 0. The fourth-order valence-electron chi connectivity index (χ4n) is 2.15. The molecule has 124 valence electrons. The molecule has 2 rings (SSSR count). The number of hydrogen-bond donors (Lipinski definition) is 0. The zero-order valence-corrected chi connectivity index (χ0v) is 11.4. The average Bonchev–Trinajstić information content (AvgIpc) is 3.22. The number of alkyl halides is 6. The molecular formula is C13H18F6O2. The molecule has 0 aromatic carbocycles. The topological polar surface area (TPSA) is 25.1 Å². The van der Waals surface area contributed by atoms with Crippen LogP contribution in [0, 0.1) is 0 Å². The molecule has 2 nitrogen and oxygen atoms in total. The summed E-state index contributed by atoms with van der Waals surface area (Å²) in [5, 5.41) is 0. The SMILES string of the molecule is FC(F)(CCCC1CO1)C(F)(F)C(F)(F)CCCC1CO1. The summed E-state index contributed by atoms with van der Waals surface area (Å²) >= 11 is 0. The fourth-order valence-corrected chi connectivity index (χ4v) is 2.15. The maximum absolute atomic E-state index is 13.5. The van der Waals surface area contributed by atoms with Crippen LogP contribution in [0.25, 0.3) is 0 Å². The first kappa shape index (κ1) is 16.9. The molecule has 2 aliphatic heterocycles. The van der Waals surface area contributed by atoms with Crippen LogP contribution in [0.1, 0.15) is 38.5 Å². The molecule has 0 aromatic rings. The normalized spacial score (nSPS) is 26.0. The maximum atomic E-state index is 13.5. The van der Waals surface area contributed by atoms with Gasteiger partial charge in [-0.05, 0) is 25.7 Å². The lowest BCUT2D eigenvalue weighted by atomic mass is 9.95. The number of epoxide rings is 2. The summed E-state index contributed by atoms with van der Waals surface area (Å²) in [6, 6.07) is 0. The van der Waals surface area contributed by atoms with Crippen molar-refractivity contribution in [1.82, 2.24) is 0 Å². The molecule has 2 saturated heterocycles. The van der Waals surface area contributed by atoms with Crippen molar-refractivity contribution < 1.29 is 35.8 Å². The number of hydrogen-bond acceptors (Lipinski definition) is 2. The highest BCUT2D eigenvalue weighted by Gasteiger charge is 2.70. The van der Waals surface area contributed by atoms with Crippen LogP contribution in [0.2, 0.25) is 0 Å². The molecule has 2 atom stereocenters. The molecule has 0 saturated carbocycles. The van der Waals surface area contributed by atoms with E-state index >= 15 is 0 Å². The van der Waals surface area contributed by atoms with Gasteiger partial charge in [-0.1, -0.05) is 0 Å². The molecule has 0 aliphatic carbocycles. The minimum Gasteiger partial charge on any atom is -0.373 e. The van der Waals surface area contributed by atoms with E-state index in [0.29, 0.717) is 13.2 Å². The molecule has 8 heteroatoms. The van der Waals surface area contributed by atoms with Crippen molar-refractivity contribution in [2.24, 2.45) is 0 Å². The van der Waals surface area contributed by atoms with Gasteiger partial charge >= 0.3 is 17.8 Å². The second kappa shape index (κ2) is 5.95. The lowest BCUT2D eigenvalue weighted by molar-refractivity contribution is -0.312. The number of halogens is 6. The van der Waals surface area contributed by atoms with E-state index in [1.54, 1.807) is 0 Å². The zero-order chi connectivity index (χ0) is 15.7. The van der Waals surface area contributed by atoms with Gasteiger partial charge in [0.1, 0.15) is 0 Å². The smallest absolute Gasteiger partial charge is 0.371 e. The molecule has 0 amide bonds. The number of ether oxygens (including phenoxy) is 2. The average molecular weight is 320 g/mol. The van der Waals surface area contributed by atoms with Gasteiger partial charge < -0.3 is 9.47 Å². The van der Waals surface area contributed by atoms with Crippen LogP contribution < -0.4 is 0 Å². The monoisotopic (exact) mass is 320 g/mol. The van der Waals surface area contributed by atoms with Gasteiger partial charge in [-0.15, -0.1) is 0 Å². The maximum Gasteiger partial charge on any atom is 0.371 e. The largest absolute Gasteiger partial charge is 0.373 e. The van der Waals surface area contributed by atoms with Crippen LogP contribution in [0.3, 0.4) is 0 Å². The van der Waals surface area contributed by atoms with Crippen LogP contribution in [-0.2, 0) is 9.47 Å². The van der Waals surface area contributed by atoms with Gasteiger partial charge in [-0.2, -0.15) is 26.3 Å². The number of rotatable bonds is 10.